The Morgan fingerprint density at radius 3 is 2.88 bits per heavy atom. The maximum Gasteiger partial charge on any atom is 0.330 e. The molecule has 5 heteroatoms. The van der Waals surface area contributed by atoms with Crippen LogP contribution in [0.1, 0.15) is 13.3 Å². The molecule has 96 valence electrons. The summed E-state index contributed by atoms with van der Waals surface area (Å²) in [6.07, 6.45) is 5.06. The van der Waals surface area contributed by atoms with E-state index in [1.807, 2.05) is 19.1 Å². The molecule has 0 saturated carbocycles. The number of esters is 1. The van der Waals surface area contributed by atoms with Crippen LogP contribution in [0.2, 0.25) is 0 Å². The first-order valence-electron chi connectivity index (χ1n) is 5.54. The van der Waals surface area contributed by atoms with Gasteiger partial charge in [0.05, 0.1) is 10.5 Å². The number of rotatable bonds is 7. The number of halogens is 1. The minimum atomic E-state index is -0.407. The van der Waals surface area contributed by atoms with E-state index in [0.717, 1.165) is 10.5 Å². The zero-order valence-electron chi connectivity index (χ0n) is 9.80. The molecule has 3 atom stereocenters. The van der Waals surface area contributed by atoms with E-state index in [-0.39, 0.29) is 18.5 Å². The third kappa shape index (κ3) is 5.18. The molecule has 1 rings (SSSR count). The average Bonchev–Trinajstić information content (AvgIpc) is 2.75. The molecule has 0 radical (unpaired) electrons. The minimum Gasteiger partial charge on any atom is -0.455 e. The van der Waals surface area contributed by atoms with Gasteiger partial charge < -0.3 is 14.2 Å². The average molecular weight is 352 g/mol. The molecule has 0 aromatic carbocycles. The fourth-order valence-corrected chi connectivity index (χ4v) is 1.98. The summed E-state index contributed by atoms with van der Waals surface area (Å²) in [5, 5.41) is 0. The molecule has 4 nitrogen and oxygen atoms in total. The standard InChI is InChI=1S/C12H17IO4/c1-3-11(14)16-9-5-6-10(7-9)17-12(8-13)15-4-2/h3,5-6,9-10,12H,1,4,7-8H2,2H3/t9-,10-,12?/m1/s1. The van der Waals surface area contributed by atoms with Crippen LogP contribution in [-0.2, 0) is 19.0 Å². The molecular weight excluding hydrogens is 335 g/mol. The topological polar surface area (TPSA) is 44.8 Å². The van der Waals surface area contributed by atoms with Crippen molar-refractivity contribution in [3.05, 3.63) is 24.8 Å². The van der Waals surface area contributed by atoms with Gasteiger partial charge in [0.2, 0.25) is 0 Å². The molecule has 0 bridgehead atoms. The van der Waals surface area contributed by atoms with E-state index in [0.29, 0.717) is 13.0 Å². The Morgan fingerprint density at radius 1 is 1.59 bits per heavy atom. The Balaban J connectivity index is 2.33. The molecule has 1 aliphatic carbocycles. The second-order valence-corrected chi connectivity index (χ2v) is 4.39. The van der Waals surface area contributed by atoms with Crippen molar-refractivity contribution in [2.45, 2.75) is 31.8 Å². The number of ether oxygens (including phenoxy) is 3. The van der Waals surface area contributed by atoms with Crippen molar-refractivity contribution in [3.8, 4) is 0 Å². The van der Waals surface area contributed by atoms with Crippen molar-refractivity contribution >= 4 is 28.6 Å². The number of hydrogen-bond acceptors (Lipinski definition) is 4. The summed E-state index contributed by atoms with van der Waals surface area (Å²) < 4.78 is 17.0. The SMILES string of the molecule is C=CC(=O)O[C@@H]1C=C[C@@H](OC(CI)OCC)C1. The second kappa shape index (κ2) is 7.84. The van der Waals surface area contributed by atoms with Gasteiger partial charge >= 0.3 is 5.97 Å². The van der Waals surface area contributed by atoms with E-state index in [1.54, 1.807) is 0 Å². The zero-order valence-corrected chi connectivity index (χ0v) is 12.0. The van der Waals surface area contributed by atoms with E-state index in [2.05, 4.69) is 29.2 Å². The number of carbonyl (C=O) groups excluding carboxylic acids is 1. The van der Waals surface area contributed by atoms with Crippen molar-refractivity contribution in [2.24, 2.45) is 0 Å². The van der Waals surface area contributed by atoms with Gasteiger partial charge in [-0.1, -0.05) is 35.2 Å². The van der Waals surface area contributed by atoms with Crippen LogP contribution in [0.4, 0.5) is 0 Å². The first-order valence-corrected chi connectivity index (χ1v) is 7.06. The Labute approximate surface area is 115 Å². The fourth-order valence-electron chi connectivity index (χ4n) is 1.52. The van der Waals surface area contributed by atoms with E-state index < -0.39 is 5.97 Å². The number of carbonyl (C=O) groups is 1. The lowest BCUT2D eigenvalue weighted by atomic mass is 10.3. The summed E-state index contributed by atoms with van der Waals surface area (Å²) in [6.45, 7) is 5.91. The van der Waals surface area contributed by atoms with Gasteiger partial charge in [-0.3, -0.25) is 0 Å². The molecule has 0 amide bonds. The molecular formula is C12H17IO4. The number of alkyl halides is 1. The predicted molar refractivity (Wildman–Crippen MR) is 73.0 cm³/mol. The highest BCUT2D eigenvalue weighted by Crippen LogP contribution is 2.19. The number of hydrogen-bond donors (Lipinski definition) is 0. The quantitative estimate of drug-likeness (QED) is 0.176. The highest BCUT2D eigenvalue weighted by Gasteiger charge is 2.24. The van der Waals surface area contributed by atoms with Crippen LogP contribution < -0.4 is 0 Å². The maximum absolute atomic E-state index is 11.0. The van der Waals surface area contributed by atoms with Gasteiger partial charge in [0.15, 0.2) is 6.29 Å². The van der Waals surface area contributed by atoms with Gasteiger partial charge in [-0.2, -0.15) is 0 Å². The van der Waals surface area contributed by atoms with E-state index in [1.165, 1.54) is 0 Å². The summed E-state index contributed by atoms with van der Waals surface area (Å²) in [7, 11) is 0. The smallest absolute Gasteiger partial charge is 0.330 e. The van der Waals surface area contributed by atoms with Gasteiger partial charge in [0.1, 0.15) is 6.10 Å². The molecule has 0 heterocycles. The monoisotopic (exact) mass is 352 g/mol. The third-order valence-electron chi connectivity index (χ3n) is 2.24. The van der Waals surface area contributed by atoms with Gasteiger partial charge in [-0.05, 0) is 13.0 Å². The Hall–Kier alpha value is -0.400. The Bertz CT molecular complexity index is 290. The van der Waals surface area contributed by atoms with E-state index >= 15 is 0 Å². The predicted octanol–water partition coefficient (Wildman–Crippen LogP) is 2.23. The molecule has 17 heavy (non-hydrogen) atoms. The lowest BCUT2D eigenvalue weighted by Crippen LogP contribution is -2.25. The van der Waals surface area contributed by atoms with Crippen molar-refractivity contribution in [1.82, 2.24) is 0 Å². The van der Waals surface area contributed by atoms with Crippen LogP contribution in [-0.4, -0.2) is 35.5 Å². The zero-order chi connectivity index (χ0) is 12.7. The van der Waals surface area contributed by atoms with Gasteiger partial charge in [-0.25, -0.2) is 4.79 Å². The summed E-state index contributed by atoms with van der Waals surface area (Å²) in [5.74, 6) is -0.407. The van der Waals surface area contributed by atoms with Crippen LogP contribution in [0.3, 0.4) is 0 Å². The first-order chi connectivity index (χ1) is 8.19. The largest absolute Gasteiger partial charge is 0.455 e. The summed E-state index contributed by atoms with van der Waals surface area (Å²) in [5.41, 5.74) is 0. The Morgan fingerprint density at radius 2 is 2.29 bits per heavy atom. The van der Waals surface area contributed by atoms with Gasteiger partial charge in [-0.15, -0.1) is 0 Å². The van der Waals surface area contributed by atoms with Crippen molar-refractivity contribution < 1.29 is 19.0 Å². The molecule has 0 aromatic heterocycles. The van der Waals surface area contributed by atoms with Crippen molar-refractivity contribution in [2.75, 3.05) is 11.0 Å². The second-order valence-electron chi connectivity index (χ2n) is 3.51. The maximum atomic E-state index is 11.0. The van der Waals surface area contributed by atoms with Gasteiger partial charge in [0, 0.05) is 19.1 Å². The van der Waals surface area contributed by atoms with Crippen molar-refractivity contribution in [1.29, 1.82) is 0 Å². The van der Waals surface area contributed by atoms with Crippen LogP contribution in [0, 0.1) is 0 Å². The highest BCUT2D eigenvalue weighted by molar-refractivity contribution is 14.1. The molecule has 0 aromatic rings. The van der Waals surface area contributed by atoms with E-state index in [4.69, 9.17) is 14.2 Å². The van der Waals surface area contributed by atoms with Crippen molar-refractivity contribution in [3.63, 3.8) is 0 Å². The fraction of sp³-hybridized carbons (Fsp3) is 0.583. The first kappa shape index (κ1) is 14.7. The molecule has 0 saturated heterocycles. The van der Waals surface area contributed by atoms with Crippen LogP contribution in [0.25, 0.3) is 0 Å². The molecule has 1 aliphatic rings. The summed E-state index contributed by atoms with van der Waals surface area (Å²) >= 11 is 2.22. The Kier molecular flexibility index (Phi) is 6.76. The highest BCUT2D eigenvalue weighted by atomic mass is 127. The molecule has 0 N–H and O–H groups in total. The van der Waals surface area contributed by atoms with Crippen LogP contribution >= 0.6 is 22.6 Å². The van der Waals surface area contributed by atoms with Crippen LogP contribution in [0.5, 0.6) is 0 Å². The normalized spacial score (nSPS) is 24.6. The summed E-state index contributed by atoms with van der Waals surface area (Å²) in [6, 6.07) is 0. The molecule has 0 spiro atoms. The minimum absolute atomic E-state index is 0.0519. The lowest BCUT2D eigenvalue weighted by Gasteiger charge is -2.20. The molecule has 0 fully saturated rings. The van der Waals surface area contributed by atoms with E-state index in [9.17, 15) is 4.79 Å². The molecule has 0 aliphatic heterocycles. The third-order valence-corrected chi connectivity index (χ3v) is 2.96. The van der Waals surface area contributed by atoms with Gasteiger partial charge in [0.25, 0.3) is 0 Å². The van der Waals surface area contributed by atoms with Crippen LogP contribution in [0.15, 0.2) is 24.8 Å². The summed E-state index contributed by atoms with van der Waals surface area (Å²) in [4.78, 5) is 11.0. The lowest BCUT2D eigenvalue weighted by molar-refractivity contribution is -0.150. The molecule has 1 unspecified atom stereocenters.